The van der Waals surface area contributed by atoms with E-state index in [-0.39, 0.29) is 12.3 Å². The van der Waals surface area contributed by atoms with Crippen molar-refractivity contribution in [3.63, 3.8) is 0 Å². The lowest BCUT2D eigenvalue weighted by atomic mass is 9.99. The van der Waals surface area contributed by atoms with Crippen molar-refractivity contribution in [2.75, 3.05) is 0 Å². The third-order valence-electron chi connectivity index (χ3n) is 4.07. The summed E-state index contributed by atoms with van der Waals surface area (Å²) in [7, 11) is 0. The summed E-state index contributed by atoms with van der Waals surface area (Å²) in [6.07, 6.45) is 0. The van der Waals surface area contributed by atoms with Crippen LogP contribution in [0.15, 0.2) is 24.3 Å². The van der Waals surface area contributed by atoms with Crippen molar-refractivity contribution in [2.24, 2.45) is 0 Å². The number of carbonyl (C=O) groups excluding carboxylic acids is 2. The smallest absolute Gasteiger partial charge is 0.341 e. The van der Waals surface area contributed by atoms with Crippen LogP contribution >= 0.6 is 0 Å². The minimum Gasteiger partial charge on any atom is -0.456 e. The Balaban J connectivity index is 2.69. The highest BCUT2D eigenvalue weighted by Crippen LogP contribution is 2.34. The van der Waals surface area contributed by atoms with E-state index in [4.69, 9.17) is 10.00 Å². The molecule has 0 radical (unpaired) electrons. The maximum atomic E-state index is 12.9. The molecular weight excluding hydrogens is 328 g/mol. The first kappa shape index (κ1) is 19.5. The lowest BCUT2D eigenvalue weighted by Crippen LogP contribution is -2.24. The maximum absolute atomic E-state index is 12.9. The van der Waals surface area contributed by atoms with Crippen LogP contribution in [0, 0.1) is 25.2 Å². The van der Waals surface area contributed by atoms with Gasteiger partial charge in [-0.3, -0.25) is 4.79 Å². The Bertz CT molecular complexity index is 891. The van der Waals surface area contributed by atoms with Crippen molar-refractivity contribution < 1.29 is 14.3 Å². The van der Waals surface area contributed by atoms with E-state index in [2.05, 4.69) is 6.07 Å². The Morgan fingerprint density at radius 2 is 1.69 bits per heavy atom. The number of Topliss-reactive ketones (excluding diaryl/α,β-unsaturated/α-hetero) is 1. The third kappa shape index (κ3) is 4.02. The minimum absolute atomic E-state index is 0.00770. The maximum Gasteiger partial charge on any atom is 0.341 e. The topological polar surface area (TPSA) is 72.1 Å². The van der Waals surface area contributed by atoms with E-state index in [1.165, 1.54) is 6.92 Å². The highest BCUT2D eigenvalue weighted by atomic mass is 16.6. The lowest BCUT2D eigenvalue weighted by Gasteiger charge is -2.20. The number of hydrogen-bond donors (Lipinski definition) is 0. The molecular formula is C21H24N2O3. The van der Waals surface area contributed by atoms with Crippen LogP contribution in [0.5, 0.6) is 0 Å². The number of benzene rings is 1. The molecule has 0 bridgehead atoms. The van der Waals surface area contributed by atoms with Gasteiger partial charge in [0.2, 0.25) is 0 Å². The number of hydrogen-bond acceptors (Lipinski definition) is 4. The van der Waals surface area contributed by atoms with Gasteiger partial charge in [0.15, 0.2) is 0 Å². The zero-order valence-electron chi connectivity index (χ0n) is 16.1. The fourth-order valence-corrected chi connectivity index (χ4v) is 2.99. The fraction of sp³-hybridized carbons (Fsp3) is 0.381. The van der Waals surface area contributed by atoms with Gasteiger partial charge in [0.05, 0.1) is 23.7 Å². The van der Waals surface area contributed by atoms with Crippen molar-refractivity contribution in [1.29, 1.82) is 5.26 Å². The standard InChI is InChI=1S/C21H24N2O3/c1-13(24)12-23-14(2)18(17-9-7-16(11-22)8-10-17)19(15(23)3)20(25)26-21(4,5)6/h7-10H,12H2,1-6H3. The van der Waals surface area contributed by atoms with Crippen LogP contribution in [0.25, 0.3) is 11.1 Å². The van der Waals surface area contributed by atoms with Crippen molar-refractivity contribution >= 4 is 11.8 Å². The summed E-state index contributed by atoms with van der Waals surface area (Å²) >= 11 is 0. The van der Waals surface area contributed by atoms with Gasteiger partial charge in [-0.2, -0.15) is 5.26 Å². The third-order valence-corrected chi connectivity index (χ3v) is 4.07. The Morgan fingerprint density at radius 1 is 1.12 bits per heavy atom. The van der Waals surface area contributed by atoms with Crippen LogP contribution in [-0.4, -0.2) is 21.9 Å². The molecule has 0 N–H and O–H groups in total. The number of esters is 1. The van der Waals surface area contributed by atoms with E-state index in [1.807, 2.05) is 51.3 Å². The summed E-state index contributed by atoms with van der Waals surface area (Å²) in [6, 6.07) is 9.14. The summed E-state index contributed by atoms with van der Waals surface area (Å²) < 4.78 is 7.44. The van der Waals surface area contributed by atoms with Crippen molar-refractivity contribution in [2.45, 2.75) is 53.7 Å². The van der Waals surface area contributed by atoms with Crippen LogP contribution in [0.1, 0.15) is 55.0 Å². The van der Waals surface area contributed by atoms with Gasteiger partial charge in [0.25, 0.3) is 0 Å². The summed E-state index contributed by atoms with van der Waals surface area (Å²) in [6.45, 7) is 10.9. The van der Waals surface area contributed by atoms with Gasteiger partial charge in [-0.15, -0.1) is 0 Å². The van der Waals surface area contributed by atoms with E-state index < -0.39 is 11.6 Å². The van der Waals surface area contributed by atoms with Crippen LogP contribution in [-0.2, 0) is 16.1 Å². The van der Waals surface area contributed by atoms with Gasteiger partial charge in [0, 0.05) is 17.0 Å². The molecule has 0 saturated carbocycles. The van der Waals surface area contributed by atoms with Gasteiger partial charge in [-0.05, 0) is 59.2 Å². The first-order chi connectivity index (χ1) is 12.0. The summed E-state index contributed by atoms with van der Waals surface area (Å²) in [5.74, 6) is -0.409. The minimum atomic E-state index is -0.623. The molecule has 0 unspecified atom stereocenters. The Morgan fingerprint density at radius 3 is 2.15 bits per heavy atom. The van der Waals surface area contributed by atoms with Crippen molar-refractivity contribution in [3.8, 4) is 17.2 Å². The number of rotatable bonds is 4. The number of ether oxygens (including phenoxy) is 1. The zero-order valence-corrected chi connectivity index (χ0v) is 16.1. The highest BCUT2D eigenvalue weighted by Gasteiger charge is 2.28. The van der Waals surface area contributed by atoms with E-state index >= 15 is 0 Å². The molecule has 0 aliphatic heterocycles. The van der Waals surface area contributed by atoms with Gasteiger partial charge in [0.1, 0.15) is 11.4 Å². The predicted molar refractivity (Wildman–Crippen MR) is 99.9 cm³/mol. The van der Waals surface area contributed by atoms with Crippen LogP contribution in [0.3, 0.4) is 0 Å². The highest BCUT2D eigenvalue weighted by molar-refractivity contribution is 6.00. The average molecular weight is 352 g/mol. The molecule has 1 aromatic heterocycles. The second-order valence-corrected chi connectivity index (χ2v) is 7.40. The molecule has 2 aromatic rings. The molecule has 0 fully saturated rings. The lowest BCUT2D eigenvalue weighted by molar-refractivity contribution is -0.117. The number of carbonyl (C=O) groups is 2. The second kappa shape index (κ2) is 7.17. The molecule has 5 nitrogen and oxygen atoms in total. The molecule has 5 heteroatoms. The van der Waals surface area contributed by atoms with E-state index in [1.54, 1.807) is 12.1 Å². The molecule has 2 rings (SSSR count). The Kier molecular flexibility index (Phi) is 5.36. The fourth-order valence-electron chi connectivity index (χ4n) is 2.99. The first-order valence-corrected chi connectivity index (χ1v) is 8.48. The molecule has 0 spiro atoms. The Hall–Kier alpha value is -2.87. The number of nitriles is 1. The monoisotopic (exact) mass is 352 g/mol. The number of nitrogens with zero attached hydrogens (tertiary/aromatic N) is 2. The second-order valence-electron chi connectivity index (χ2n) is 7.40. The summed E-state index contributed by atoms with van der Waals surface area (Å²) in [5.41, 5.74) is 3.46. The van der Waals surface area contributed by atoms with E-state index in [0.29, 0.717) is 16.8 Å². The molecule has 26 heavy (non-hydrogen) atoms. The molecule has 0 aliphatic carbocycles. The molecule has 1 heterocycles. The van der Waals surface area contributed by atoms with Crippen molar-refractivity contribution in [3.05, 3.63) is 46.8 Å². The average Bonchev–Trinajstić information content (AvgIpc) is 2.77. The molecule has 0 saturated heterocycles. The van der Waals surface area contributed by atoms with Gasteiger partial charge in [-0.1, -0.05) is 12.1 Å². The summed E-state index contributed by atoms with van der Waals surface area (Å²) in [5, 5.41) is 9.01. The first-order valence-electron chi connectivity index (χ1n) is 8.48. The van der Waals surface area contributed by atoms with Gasteiger partial charge < -0.3 is 9.30 Å². The molecule has 136 valence electrons. The van der Waals surface area contributed by atoms with Gasteiger partial charge >= 0.3 is 5.97 Å². The number of ketones is 1. The molecule has 1 aromatic carbocycles. The largest absolute Gasteiger partial charge is 0.456 e. The van der Waals surface area contributed by atoms with Crippen LogP contribution in [0.2, 0.25) is 0 Å². The predicted octanol–water partition coefficient (Wildman–Crippen LogP) is 4.19. The number of aromatic nitrogens is 1. The van der Waals surface area contributed by atoms with E-state index in [9.17, 15) is 9.59 Å². The van der Waals surface area contributed by atoms with Crippen LogP contribution < -0.4 is 0 Å². The quantitative estimate of drug-likeness (QED) is 0.774. The molecule has 0 atom stereocenters. The van der Waals surface area contributed by atoms with Gasteiger partial charge in [-0.25, -0.2) is 4.79 Å². The SMILES string of the molecule is CC(=O)Cn1c(C)c(C(=O)OC(C)(C)C)c(-c2ccc(C#N)cc2)c1C. The summed E-state index contributed by atoms with van der Waals surface area (Å²) in [4.78, 5) is 24.6. The molecule has 0 aliphatic rings. The van der Waals surface area contributed by atoms with E-state index in [0.717, 1.165) is 16.8 Å². The zero-order chi connectivity index (χ0) is 19.6. The van der Waals surface area contributed by atoms with Crippen molar-refractivity contribution in [1.82, 2.24) is 4.57 Å². The molecule has 0 amide bonds. The Labute approximate surface area is 154 Å². The van der Waals surface area contributed by atoms with Crippen LogP contribution in [0.4, 0.5) is 0 Å². The normalized spacial score (nSPS) is 11.1.